The summed E-state index contributed by atoms with van der Waals surface area (Å²) in [7, 11) is 1.63. The summed E-state index contributed by atoms with van der Waals surface area (Å²) in [5.74, 6) is 0.536. The van der Waals surface area contributed by atoms with Crippen molar-refractivity contribution in [3.05, 3.63) is 57.8 Å². The minimum atomic E-state index is -0.240. The molecule has 4 heteroatoms. The predicted octanol–water partition coefficient (Wildman–Crippen LogP) is 4.52. The molecule has 100 valence electrons. The number of nitrogens with one attached hydrogen (secondary N) is 1. The van der Waals surface area contributed by atoms with Gasteiger partial charge in [0.1, 0.15) is 11.6 Å². The zero-order chi connectivity index (χ0) is 13.8. The molecular formula is C15H15BrFNO. The topological polar surface area (TPSA) is 21.3 Å². The molecule has 0 aromatic heterocycles. The Hall–Kier alpha value is -1.55. The van der Waals surface area contributed by atoms with Crippen LogP contribution in [0.1, 0.15) is 11.1 Å². The van der Waals surface area contributed by atoms with E-state index in [1.54, 1.807) is 13.2 Å². The van der Waals surface area contributed by atoms with Crippen molar-refractivity contribution in [3.63, 3.8) is 0 Å². The van der Waals surface area contributed by atoms with E-state index >= 15 is 0 Å². The Bertz CT molecular complexity index is 586. The van der Waals surface area contributed by atoms with Crippen molar-refractivity contribution in [1.29, 1.82) is 0 Å². The standard InChI is InChI=1S/C15H15BrFNO/c1-10-3-6-15(19-2)14(7-10)18-9-11-8-12(17)4-5-13(11)16/h3-8,18H,9H2,1-2H3. The molecule has 0 aliphatic rings. The van der Waals surface area contributed by atoms with E-state index in [9.17, 15) is 4.39 Å². The molecule has 0 aliphatic carbocycles. The van der Waals surface area contributed by atoms with Crippen LogP contribution in [0.3, 0.4) is 0 Å². The van der Waals surface area contributed by atoms with Gasteiger partial charge in [0.2, 0.25) is 0 Å². The first-order chi connectivity index (χ1) is 9.10. The summed E-state index contributed by atoms with van der Waals surface area (Å²) in [5.41, 5.74) is 2.91. The van der Waals surface area contributed by atoms with Gasteiger partial charge in [-0.1, -0.05) is 22.0 Å². The maximum absolute atomic E-state index is 13.2. The maximum Gasteiger partial charge on any atom is 0.141 e. The molecule has 0 amide bonds. The lowest BCUT2D eigenvalue weighted by molar-refractivity contribution is 0.416. The fourth-order valence-corrected chi connectivity index (χ4v) is 2.22. The van der Waals surface area contributed by atoms with Crippen molar-refractivity contribution >= 4 is 21.6 Å². The zero-order valence-electron chi connectivity index (χ0n) is 10.8. The van der Waals surface area contributed by atoms with Crippen molar-refractivity contribution in [2.24, 2.45) is 0 Å². The lowest BCUT2D eigenvalue weighted by Gasteiger charge is -2.13. The summed E-state index contributed by atoms with van der Waals surface area (Å²) in [6.07, 6.45) is 0. The normalized spacial score (nSPS) is 10.3. The number of rotatable bonds is 4. The second-order valence-electron chi connectivity index (χ2n) is 4.29. The minimum Gasteiger partial charge on any atom is -0.495 e. The van der Waals surface area contributed by atoms with E-state index < -0.39 is 0 Å². The first kappa shape index (κ1) is 13.9. The number of methoxy groups -OCH3 is 1. The van der Waals surface area contributed by atoms with Crippen LogP contribution in [0.25, 0.3) is 0 Å². The molecule has 0 heterocycles. The highest BCUT2D eigenvalue weighted by Crippen LogP contribution is 2.27. The number of anilines is 1. The average molecular weight is 324 g/mol. The highest BCUT2D eigenvalue weighted by Gasteiger charge is 2.05. The summed E-state index contributed by atoms with van der Waals surface area (Å²) >= 11 is 3.42. The predicted molar refractivity (Wildman–Crippen MR) is 79.2 cm³/mol. The van der Waals surface area contributed by atoms with Crippen LogP contribution in [-0.4, -0.2) is 7.11 Å². The largest absolute Gasteiger partial charge is 0.495 e. The van der Waals surface area contributed by atoms with Crippen molar-refractivity contribution in [3.8, 4) is 5.75 Å². The van der Waals surface area contributed by atoms with Gasteiger partial charge < -0.3 is 10.1 Å². The number of hydrogen-bond donors (Lipinski definition) is 1. The molecule has 2 nitrogen and oxygen atoms in total. The summed E-state index contributed by atoms with van der Waals surface area (Å²) in [6.45, 7) is 2.54. The van der Waals surface area contributed by atoms with E-state index in [1.807, 2.05) is 25.1 Å². The van der Waals surface area contributed by atoms with Gasteiger partial charge in [0.15, 0.2) is 0 Å². The van der Waals surface area contributed by atoms with Crippen LogP contribution >= 0.6 is 15.9 Å². The molecule has 0 aliphatic heterocycles. The van der Waals surface area contributed by atoms with Crippen LogP contribution in [0.15, 0.2) is 40.9 Å². The second-order valence-corrected chi connectivity index (χ2v) is 5.15. The van der Waals surface area contributed by atoms with Gasteiger partial charge in [0.25, 0.3) is 0 Å². The van der Waals surface area contributed by atoms with Crippen LogP contribution in [0.4, 0.5) is 10.1 Å². The molecule has 0 saturated heterocycles. The smallest absolute Gasteiger partial charge is 0.141 e. The number of ether oxygens (including phenoxy) is 1. The Morgan fingerprint density at radius 2 is 2.00 bits per heavy atom. The summed E-state index contributed by atoms with van der Waals surface area (Å²) < 4.78 is 19.4. The van der Waals surface area contributed by atoms with Gasteiger partial charge >= 0.3 is 0 Å². The van der Waals surface area contributed by atoms with Crippen molar-refractivity contribution < 1.29 is 9.13 Å². The number of aryl methyl sites for hydroxylation is 1. The third-order valence-electron chi connectivity index (χ3n) is 2.83. The van der Waals surface area contributed by atoms with Crippen LogP contribution in [0.2, 0.25) is 0 Å². The van der Waals surface area contributed by atoms with E-state index in [0.29, 0.717) is 6.54 Å². The average Bonchev–Trinajstić information content (AvgIpc) is 2.40. The first-order valence-corrected chi connectivity index (χ1v) is 6.72. The summed E-state index contributed by atoms with van der Waals surface area (Å²) in [6, 6.07) is 10.6. The van der Waals surface area contributed by atoms with Gasteiger partial charge in [-0.05, 0) is 48.4 Å². The monoisotopic (exact) mass is 323 g/mol. The lowest BCUT2D eigenvalue weighted by atomic mass is 10.2. The molecule has 19 heavy (non-hydrogen) atoms. The molecule has 0 bridgehead atoms. The molecule has 2 aromatic carbocycles. The van der Waals surface area contributed by atoms with Crippen LogP contribution in [-0.2, 0) is 6.54 Å². The van der Waals surface area contributed by atoms with Gasteiger partial charge in [-0.25, -0.2) is 4.39 Å². The molecule has 0 radical (unpaired) electrons. The maximum atomic E-state index is 13.2. The van der Waals surface area contributed by atoms with Crippen LogP contribution in [0, 0.1) is 12.7 Å². The van der Waals surface area contributed by atoms with E-state index in [1.165, 1.54) is 12.1 Å². The first-order valence-electron chi connectivity index (χ1n) is 5.92. The Morgan fingerprint density at radius 1 is 1.21 bits per heavy atom. The Kier molecular flexibility index (Phi) is 4.43. The Labute approximate surface area is 120 Å². The number of halogens is 2. The van der Waals surface area contributed by atoms with E-state index in [2.05, 4.69) is 21.2 Å². The van der Waals surface area contributed by atoms with Crippen molar-refractivity contribution in [1.82, 2.24) is 0 Å². The molecule has 1 N–H and O–H groups in total. The summed E-state index contributed by atoms with van der Waals surface area (Å²) in [4.78, 5) is 0. The fourth-order valence-electron chi connectivity index (χ4n) is 1.83. The SMILES string of the molecule is COc1ccc(C)cc1NCc1cc(F)ccc1Br. The van der Waals surface area contributed by atoms with Gasteiger partial charge in [-0.3, -0.25) is 0 Å². The van der Waals surface area contributed by atoms with Crippen molar-refractivity contribution in [2.45, 2.75) is 13.5 Å². The third kappa shape index (κ3) is 3.47. The van der Waals surface area contributed by atoms with Gasteiger partial charge in [-0.2, -0.15) is 0 Å². The summed E-state index contributed by atoms with van der Waals surface area (Å²) in [5, 5.41) is 3.27. The van der Waals surface area contributed by atoms with Gasteiger partial charge in [-0.15, -0.1) is 0 Å². The van der Waals surface area contributed by atoms with Gasteiger partial charge in [0, 0.05) is 11.0 Å². The van der Waals surface area contributed by atoms with E-state index in [0.717, 1.165) is 27.0 Å². The highest BCUT2D eigenvalue weighted by atomic mass is 79.9. The molecule has 0 atom stereocenters. The number of benzene rings is 2. The molecule has 2 rings (SSSR count). The Balaban J connectivity index is 2.18. The van der Waals surface area contributed by atoms with Crippen LogP contribution < -0.4 is 10.1 Å². The van der Waals surface area contributed by atoms with Crippen LogP contribution in [0.5, 0.6) is 5.75 Å². The van der Waals surface area contributed by atoms with E-state index in [-0.39, 0.29) is 5.82 Å². The molecular weight excluding hydrogens is 309 g/mol. The molecule has 0 unspecified atom stereocenters. The fraction of sp³-hybridized carbons (Fsp3) is 0.200. The van der Waals surface area contributed by atoms with E-state index in [4.69, 9.17) is 4.74 Å². The second kappa shape index (κ2) is 6.06. The quantitative estimate of drug-likeness (QED) is 0.893. The lowest BCUT2D eigenvalue weighted by Crippen LogP contribution is -2.02. The number of hydrogen-bond acceptors (Lipinski definition) is 2. The molecule has 0 saturated carbocycles. The van der Waals surface area contributed by atoms with Gasteiger partial charge in [0.05, 0.1) is 12.8 Å². The zero-order valence-corrected chi connectivity index (χ0v) is 12.4. The third-order valence-corrected chi connectivity index (χ3v) is 3.61. The molecule has 0 fully saturated rings. The van der Waals surface area contributed by atoms with Crippen molar-refractivity contribution in [2.75, 3.05) is 12.4 Å². The Morgan fingerprint density at radius 3 is 2.74 bits per heavy atom. The highest BCUT2D eigenvalue weighted by molar-refractivity contribution is 9.10. The molecule has 2 aromatic rings. The minimum absolute atomic E-state index is 0.240. The molecule has 0 spiro atoms.